The predicted octanol–water partition coefficient (Wildman–Crippen LogP) is -0.674. The van der Waals surface area contributed by atoms with Gasteiger partial charge in [-0.2, -0.15) is 0 Å². The fraction of sp³-hybridized carbons (Fsp3) is 0.316. The Morgan fingerprint density at radius 1 is 1.07 bits per heavy atom. The van der Waals surface area contributed by atoms with Gasteiger partial charge in [0.25, 0.3) is 5.56 Å². The van der Waals surface area contributed by atoms with Crippen LogP contribution in [0.4, 0.5) is 0 Å². The van der Waals surface area contributed by atoms with E-state index >= 15 is 0 Å². The molecule has 10 nitrogen and oxygen atoms in total. The van der Waals surface area contributed by atoms with Gasteiger partial charge in [0.1, 0.15) is 5.82 Å². The Morgan fingerprint density at radius 3 is 2.59 bits per heavy atom. The molecule has 2 heterocycles. The van der Waals surface area contributed by atoms with Crippen LogP contribution in [-0.2, 0) is 36.6 Å². The van der Waals surface area contributed by atoms with Gasteiger partial charge in [-0.3, -0.25) is 23.5 Å². The largest absolute Gasteiger partial charge is 0.349 e. The highest BCUT2D eigenvalue weighted by molar-refractivity contribution is 5.84. The number of fused-ring (bicyclic) bond motifs is 1. The minimum atomic E-state index is -0.472. The van der Waals surface area contributed by atoms with Gasteiger partial charge in [-0.05, 0) is 12.1 Å². The van der Waals surface area contributed by atoms with Crippen molar-refractivity contribution in [1.82, 2.24) is 29.7 Å². The first-order valence-electron chi connectivity index (χ1n) is 9.08. The lowest BCUT2D eigenvalue weighted by Gasteiger charge is -2.11. The average molecular weight is 398 g/mol. The molecule has 10 heteroatoms. The molecule has 3 N–H and O–H groups in total. The van der Waals surface area contributed by atoms with Gasteiger partial charge in [-0.1, -0.05) is 12.1 Å². The fourth-order valence-electron chi connectivity index (χ4n) is 2.82. The maximum absolute atomic E-state index is 12.0. The molecule has 29 heavy (non-hydrogen) atoms. The zero-order valence-corrected chi connectivity index (χ0v) is 16.2. The Kier molecular flexibility index (Phi) is 5.91. The first kappa shape index (κ1) is 20.1. The van der Waals surface area contributed by atoms with Crippen LogP contribution in [-0.4, -0.2) is 37.5 Å². The van der Waals surface area contributed by atoms with Gasteiger partial charge in [0.15, 0.2) is 0 Å². The summed E-state index contributed by atoms with van der Waals surface area (Å²) in [4.78, 5) is 55.0. The Morgan fingerprint density at radius 2 is 1.83 bits per heavy atom. The maximum Gasteiger partial charge on any atom is 0.330 e. The summed E-state index contributed by atoms with van der Waals surface area (Å²) in [7, 11) is 2.90. The summed E-state index contributed by atoms with van der Waals surface area (Å²) < 4.78 is 2.27. The van der Waals surface area contributed by atoms with Gasteiger partial charge in [0, 0.05) is 38.7 Å². The number of hydrogen-bond donors (Lipinski definition) is 3. The number of carbonyl (C=O) groups excluding carboxylic acids is 2. The molecule has 0 radical (unpaired) electrons. The van der Waals surface area contributed by atoms with Crippen molar-refractivity contribution in [3.8, 4) is 0 Å². The van der Waals surface area contributed by atoms with Gasteiger partial charge < -0.3 is 15.6 Å². The molecule has 3 rings (SSSR count). The van der Waals surface area contributed by atoms with Crippen LogP contribution in [0.3, 0.4) is 0 Å². The van der Waals surface area contributed by atoms with E-state index in [9.17, 15) is 19.2 Å². The first-order valence-corrected chi connectivity index (χ1v) is 9.08. The molecule has 0 saturated carbocycles. The molecule has 152 valence electrons. The summed E-state index contributed by atoms with van der Waals surface area (Å²) in [5.41, 5.74) is 1.21. The maximum atomic E-state index is 12.0. The van der Waals surface area contributed by atoms with E-state index < -0.39 is 17.2 Å². The third kappa shape index (κ3) is 4.78. The zero-order valence-electron chi connectivity index (χ0n) is 16.2. The highest BCUT2D eigenvalue weighted by Gasteiger charge is 2.10. The van der Waals surface area contributed by atoms with Crippen molar-refractivity contribution in [3.63, 3.8) is 0 Å². The Bertz CT molecular complexity index is 1140. The van der Waals surface area contributed by atoms with Crippen LogP contribution < -0.4 is 21.9 Å². The number of rotatable bonds is 7. The Balaban J connectivity index is 1.45. The number of aryl methyl sites for hydroxylation is 1. The molecular formula is C19H22N6O4. The van der Waals surface area contributed by atoms with Crippen LogP contribution in [0.5, 0.6) is 0 Å². The smallest absolute Gasteiger partial charge is 0.330 e. The van der Waals surface area contributed by atoms with Gasteiger partial charge >= 0.3 is 5.69 Å². The van der Waals surface area contributed by atoms with Gasteiger partial charge in [-0.25, -0.2) is 9.78 Å². The first-order chi connectivity index (χ1) is 13.8. The normalized spacial score (nSPS) is 10.8. The molecule has 0 saturated heterocycles. The van der Waals surface area contributed by atoms with Crippen LogP contribution in [0.25, 0.3) is 11.0 Å². The summed E-state index contributed by atoms with van der Waals surface area (Å²) in [6.45, 7) is -0.187. The van der Waals surface area contributed by atoms with E-state index in [1.807, 2.05) is 24.3 Å². The molecule has 1 aromatic carbocycles. The van der Waals surface area contributed by atoms with E-state index in [0.29, 0.717) is 17.9 Å². The van der Waals surface area contributed by atoms with Gasteiger partial charge in [-0.15, -0.1) is 0 Å². The highest BCUT2D eigenvalue weighted by Crippen LogP contribution is 2.11. The number of carbonyl (C=O) groups is 2. The van der Waals surface area contributed by atoms with Crippen molar-refractivity contribution in [2.24, 2.45) is 14.1 Å². The van der Waals surface area contributed by atoms with E-state index in [4.69, 9.17) is 0 Å². The standard InChI is InChI=1S/C19H22N6O4/c1-24-12(9-18(28)25(2)19(24)29)10-20-17(27)11-21-16(26)8-7-15-22-13-5-3-4-6-14(13)23-15/h3-6,9H,7-8,10-11H2,1-2H3,(H,20,27)(H,21,26)(H,22,23). The molecule has 0 atom stereocenters. The lowest BCUT2D eigenvalue weighted by Crippen LogP contribution is -2.41. The molecular weight excluding hydrogens is 376 g/mol. The van der Waals surface area contributed by atoms with Crippen molar-refractivity contribution < 1.29 is 9.59 Å². The number of hydrogen-bond acceptors (Lipinski definition) is 5. The predicted molar refractivity (Wildman–Crippen MR) is 106 cm³/mol. The van der Waals surface area contributed by atoms with Gasteiger partial charge in [0.2, 0.25) is 11.8 Å². The van der Waals surface area contributed by atoms with Gasteiger partial charge in [0.05, 0.1) is 24.1 Å². The molecule has 3 aromatic rings. The SMILES string of the molecule is Cn1c(CNC(=O)CNC(=O)CCc2nc3ccccc3[nH]2)cc(=O)n(C)c1=O. The second-order valence-electron chi connectivity index (χ2n) is 6.63. The molecule has 2 amide bonds. The molecule has 0 unspecified atom stereocenters. The number of aromatic nitrogens is 4. The molecule has 0 fully saturated rings. The van der Waals surface area contributed by atoms with Crippen LogP contribution in [0.15, 0.2) is 39.9 Å². The van der Waals surface area contributed by atoms with Crippen molar-refractivity contribution in [1.29, 1.82) is 0 Å². The third-order valence-corrected chi connectivity index (χ3v) is 4.57. The summed E-state index contributed by atoms with van der Waals surface area (Å²) in [5, 5.41) is 5.12. The number of amides is 2. The number of imidazole rings is 1. The number of H-pyrrole nitrogens is 1. The minimum Gasteiger partial charge on any atom is -0.349 e. The summed E-state index contributed by atoms with van der Waals surface area (Å²) in [6.07, 6.45) is 0.619. The molecule has 0 bridgehead atoms. The number of benzene rings is 1. The lowest BCUT2D eigenvalue weighted by molar-refractivity contribution is -0.126. The highest BCUT2D eigenvalue weighted by atomic mass is 16.2. The summed E-state index contributed by atoms with van der Waals surface area (Å²) in [6, 6.07) is 8.88. The molecule has 0 aliphatic heterocycles. The Hall–Kier alpha value is -3.69. The average Bonchev–Trinajstić information content (AvgIpc) is 3.13. The van der Waals surface area contributed by atoms with E-state index in [0.717, 1.165) is 15.6 Å². The second-order valence-corrected chi connectivity index (χ2v) is 6.63. The van der Waals surface area contributed by atoms with E-state index in [-0.39, 0.29) is 25.4 Å². The number of aromatic amines is 1. The van der Waals surface area contributed by atoms with E-state index in [2.05, 4.69) is 20.6 Å². The number of nitrogens with one attached hydrogen (secondary N) is 3. The van der Waals surface area contributed by atoms with Crippen molar-refractivity contribution in [2.45, 2.75) is 19.4 Å². The van der Waals surface area contributed by atoms with Crippen LogP contribution >= 0.6 is 0 Å². The van der Waals surface area contributed by atoms with Crippen molar-refractivity contribution in [3.05, 3.63) is 62.7 Å². The monoisotopic (exact) mass is 398 g/mol. The summed E-state index contributed by atoms with van der Waals surface area (Å²) >= 11 is 0. The molecule has 2 aromatic heterocycles. The van der Waals surface area contributed by atoms with Crippen LogP contribution in [0.2, 0.25) is 0 Å². The van der Waals surface area contributed by atoms with E-state index in [1.165, 1.54) is 24.7 Å². The number of para-hydroxylation sites is 2. The molecule has 0 spiro atoms. The molecule has 0 aliphatic carbocycles. The topological polar surface area (TPSA) is 131 Å². The van der Waals surface area contributed by atoms with Crippen LogP contribution in [0.1, 0.15) is 17.9 Å². The molecule has 0 aliphatic rings. The summed E-state index contributed by atoms with van der Waals surface area (Å²) in [5.74, 6) is 0.00850. The van der Waals surface area contributed by atoms with Crippen LogP contribution in [0, 0.1) is 0 Å². The Labute approximate surface area is 165 Å². The van der Waals surface area contributed by atoms with Crippen molar-refractivity contribution in [2.75, 3.05) is 6.54 Å². The zero-order chi connectivity index (χ0) is 21.0. The number of nitrogens with zero attached hydrogens (tertiary/aromatic N) is 3. The third-order valence-electron chi connectivity index (χ3n) is 4.57. The van der Waals surface area contributed by atoms with Crippen molar-refractivity contribution >= 4 is 22.8 Å². The van der Waals surface area contributed by atoms with E-state index in [1.54, 1.807) is 0 Å². The second kappa shape index (κ2) is 8.55. The lowest BCUT2D eigenvalue weighted by atomic mass is 10.3. The fourth-order valence-corrected chi connectivity index (χ4v) is 2.82. The quantitative estimate of drug-likeness (QED) is 0.486. The minimum absolute atomic E-state index is 0.00943.